The number of aromatic nitrogens is 2. The van der Waals surface area contributed by atoms with E-state index in [0.717, 1.165) is 5.52 Å². The number of nitrogens with zero attached hydrogens (tertiary/aromatic N) is 2. The molecule has 0 amide bonds. The van der Waals surface area contributed by atoms with Gasteiger partial charge in [0.15, 0.2) is 5.78 Å². The smallest absolute Gasteiger partial charge is 0.230 e. The zero-order valence-electron chi connectivity index (χ0n) is 13.5. The van der Waals surface area contributed by atoms with Gasteiger partial charge in [0.2, 0.25) is 5.88 Å². The number of carbonyl (C=O) groups is 1. The maximum atomic E-state index is 11.4. The third-order valence-electron chi connectivity index (χ3n) is 3.52. The molecule has 0 radical (unpaired) electrons. The minimum Gasteiger partial charge on any atom is -0.497 e. The molecule has 0 saturated carbocycles. The van der Waals surface area contributed by atoms with Gasteiger partial charge in [-0.1, -0.05) is 11.6 Å². The van der Waals surface area contributed by atoms with E-state index in [2.05, 4.69) is 9.97 Å². The van der Waals surface area contributed by atoms with E-state index in [9.17, 15) is 4.79 Å². The molecule has 0 N–H and O–H groups in total. The molecule has 122 valence electrons. The minimum atomic E-state index is -0.0588. The second-order valence-corrected chi connectivity index (χ2v) is 5.67. The predicted octanol–water partition coefficient (Wildman–Crippen LogP) is 4.60. The topological polar surface area (TPSA) is 61.3 Å². The summed E-state index contributed by atoms with van der Waals surface area (Å²) in [7, 11) is 1.59. The first kappa shape index (κ1) is 16.2. The Bertz CT molecular complexity index is 941. The Hall–Kier alpha value is -2.66. The Balaban J connectivity index is 2.08. The number of ketones is 1. The summed E-state index contributed by atoms with van der Waals surface area (Å²) in [5.74, 6) is 2.01. The van der Waals surface area contributed by atoms with Gasteiger partial charge in [-0.3, -0.25) is 4.79 Å². The Labute approximate surface area is 144 Å². The number of carbonyl (C=O) groups excluding carboxylic acids is 1. The summed E-state index contributed by atoms with van der Waals surface area (Å²) in [6.07, 6.45) is 0. The number of hydrogen-bond donors (Lipinski definition) is 0. The average molecular weight is 343 g/mol. The molecule has 0 atom stereocenters. The summed E-state index contributed by atoms with van der Waals surface area (Å²) < 4.78 is 11.1. The first-order chi connectivity index (χ1) is 11.5. The summed E-state index contributed by atoms with van der Waals surface area (Å²) >= 11 is 6.23. The van der Waals surface area contributed by atoms with Crippen LogP contribution in [-0.4, -0.2) is 22.9 Å². The molecule has 0 saturated heterocycles. The van der Waals surface area contributed by atoms with Gasteiger partial charge in [-0.25, -0.2) is 4.98 Å². The van der Waals surface area contributed by atoms with E-state index in [1.807, 2.05) is 18.2 Å². The van der Waals surface area contributed by atoms with Crippen LogP contribution >= 0.6 is 11.6 Å². The fourth-order valence-electron chi connectivity index (χ4n) is 2.30. The van der Waals surface area contributed by atoms with Crippen molar-refractivity contribution >= 4 is 28.3 Å². The summed E-state index contributed by atoms with van der Waals surface area (Å²) in [5, 5.41) is 1.06. The van der Waals surface area contributed by atoms with Crippen LogP contribution in [0.5, 0.6) is 17.4 Å². The van der Waals surface area contributed by atoms with Crippen molar-refractivity contribution in [3.63, 3.8) is 0 Å². The quantitative estimate of drug-likeness (QED) is 0.649. The molecule has 0 bridgehead atoms. The van der Waals surface area contributed by atoms with Gasteiger partial charge >= 0.3 is 0 Å². The molecule has 0 spiro atoms. The number of halogens is 1. The second kappa shape index (κ2) is 6.45. The van der Waals surface area contributed by atoms with Crippen LogP contribution in [0.2, 0.25) is 5.02 Å². The Morgan fingerprint density at radius 2 is 1.92 bits per heavy atom. The Kier molecular flexibility index (Phi) is 4.36. The molecular formula is C18H15ClN2O3. The SMILES string of the molecule is COc1ccc2nc(C)nc(Oc3ccc(C(C)=O)cc3Cl)c2c1. The van der Waals surface area contributed by atoms with E-state index in [1.54, 1.807) is 32.2 Å². The third-order valence-corrected chi connectivity index (χ3v) is 3.82. The lowest BCUT2D eigenvalue weighted by Gasteiger charge is -2.11. The van der Waals surface area contributed by atoms with Crippen LogP contribution in [0.4, 0.5) is 0 Å². The number of methoxy groups -OCH3 is 1. The van der Waals surface area contributed by atoms with Crippen molar-refractivity contribution in [3.05, 3.63) is 52.8 Å². The van der Waals surface area contributed by atoms with E-state index in [1.165, 1.54) is 6.92 Å². The van der Waals surface area contributed by atoms with E-state index >= 15 is 0 Å². The third kappa shape index (κ3) is 3.16. The van der Waals surface area contributed by atoms with Gasteiger partial charge in [-0.05, 0) is 50.2 Å². The van der Waals surface area contributed by atoms with Gasteiger partial charge in [0.25, 0.3) is 0 Å². The summed E-state index contributed by atoms with van der Waals surface area (Å²) in [6, 6.07) is 10.4. The van der Waals surface area contributed by atoms with Crippen molar-refractivity contribution in [2.24, 2.45) is 0 Å². The molecule has 0 unspecified atom stereocenters. The maximum Gasteiger partial charge on any atom is 0.230 e. The molecule has 2 aromatic carbocycles. The highest BCUT2D eigenvalue weighted by molar-refractivity contribution is 6.32. The molecule has 0 fully saturated rings. The molecule has 6 heteroatoms. The van der Waals surface area contributed by atoms with Crippen molar-refractivity contribution in [2.75, 3.05) is 7.11 Å². The fraction of sp³-hybridized carbons (Fsp3) is 0.167. The monoisotopic (exact) mass is 342 g/mol. The largest absolute Gasteiger partial charge is 0.497 e. The number of benzene rings is 2. The second-order valence-electron chi connectivity index (χ2n) is 5.26. The van der Waals surface area contributed by atoms with Gasteiger partial charge in [0.1, 0.15) is 17.3 Å². The number of ether oxygens (including phenoxy) is 2. The number of rotatable bonds is 4. The number of hydrogen-bond acceptors (Lipinski definition) is 5. The molecule has 0 aliphatic rings. The van der Waals surface area contributed by atoms with E-state index in [-0.39, 0.29) is 5.78 Å². The first-order valence-corrected chi connectivity index (χ1v) is 7.66. The lowest BCUT2D eigenvalue weighted by atomic mass is 10.1. The van der Waals surface area contributed by atoms with Crippen molar-refractivity contribution < 1.29 is 14.3 Å². The van der Waals surface area contributed by atoms with E-state index < -0.39 is 0 Å². The molecule has 3 rings (SSSR count). The van der Waals surface area contributed by atoms with E-state index in [4.69, 9.17) is 21.1 Å². The lowest BCUT2D eigenvalue weighted by molar-refractivity contribution is 0.101. The normalized spacial score (nSPS) is 10.7. The maximum absolute atomic E-state index is 11.4. The van der Waals surface area contributed by atoms with Gasteiger partial charge in [-0.2, -0.15) is 4.98 Å². The molecule has 0 aliphatic heterocycles. The van der Waals surface area contributed by atoms with Crippen LogP contribution in [0.15, 0.2) is 36.4 Å². The molecule has 5 nitrogen and oxygen atoms in total. The molecule has 3 aromatic rings. The van der Waals surface area contributed by atoms with Crippen LogP contribution in [0.3, 0.4) is 0 Å². The zero-order chi connectivity index (χ0) is 17.3. The summed E-state index contributed by atoms with van der Waals surface area (Å²) in [6.45, 7) is 3.27. The summed E-state index contributed by atoms with van der Waals surface area (Å²) in [5.41, 5.74) is 1.27. The minimum absolute atomic E-state index is 0.0588. The number of fused-ring (bicyclic) bond motifs is 1. The van der Waals surface area contributed by atoms with Crippen LogP contribution in [0, 0.1) is 6.92 Å². The molecule has 0 aliphatic carbocycles. The van der Waals surface area contributed by atoms with Gasteiger partial charge in [-0.15, -0.1) is 0 Å². The van der Waals surface area contributed by atoms with Gasteiger partial charge in [0, 0.05) is 5.56 Å². The summed E-state index contributed by atoms with van der Waals surface area (Å²) in [4.78, 5) is 20.2. The van der Waals surface area contributed by atoms with Crippen molar-refractivity contribution in [1.29, 1.82) is 0 Å². The zero-order valence-corrected chi connectivity index (χ0v) is 14.2. The van der Waals surface area contributed by atoms with Crippen LogP contribution in [0.25, 0.3) is 10.9 Å². The van der Waals surface area contributed by atoms with Crippen molar-refractivity contribution in [3.8, 4) is 17.4 Å². The fourth-order valence-corrected chi connectivity index (χ4v) is 2.52. The van der Waals surface area contributed by atoms with E-state index in [0.29, 0.717) is 39.2 Å². The highest BCUT2D eigenvalue weighted by atomic mass is 35.5. The average Bonchev–Trinajstić information content (AvgIpc) is 2.56. The molecule has 1 heterocycles. The molecular weight excluding hydrogens is 328 g/mol. The molecule has 24 heavy (non-hydrogen) atoms. The first-order valence-electron chi connectivity index (χ1n) is 7.28. The van der Waals surface area contributed by atoms with Crippen LogP contribution < -0.4 is 9.47 Å². The number of aryl methyl sites for hydroxylation is 1. The van der Waals surface area contributed by atoms with Gasteiger partial charge < -0.3 is 9.47 Å². The number of Topliss-reactive ketones (excluding diaryl/α,β-unsaturated/α-hetero) is 1. The van der Waals surface area contributed by atoms with Crippen LogP contribution in [0.1, 0.15) is 23.1 Å². The lowest BCUT2D eigenvalue weighted by Crippen LogP contribution is -1.97. The van der Waals surface area contributed by atoms with Crippen molar-refractivity contribution in [1.82, 2.24) is 9.97 Å². The highest BCUT2D eigenvalue weighted by Gasteiger charge is 2.12. The van der Waals surface area contributed by atoms with Crippen LogP contribution in [-0.2, 0) is 0 Å². The van der Waals surface area contributed by atoms with Crippen molar-refractivity contribution in [2.45, 2.75) is 13.8 Å². The Morgan fingerprint density at radius 3 is 2.58 bits per heavy atom. The standard InChI is InChI=1S/C18H15ClN2O3/c1-10(22)12-4-7-17(15(19)8-12)24-18-14-9-13(23-3)5-6-16(14)20-11(2)21-18/h4-9H,1-3H3. The highest BCUT2D eigenvalue weighted by Crippen LogP contribution is 2.34. The molecule has 1 aromatic heterocycles. The Morgan fingerprint density at radius 1 is 1.12 bits per heavy atom. The van der Waals surface area contributed by atoms with Gasteiger partial charge in [0.05, 0.1) is 23.0 Å². The predicted molar refractivity (Wildman–Crippen MR) is 92.4 cm³/mol.